The van der Waals surface area contributed by atoms with Crippen molar-refractivity contribution in [3.05, 3.63) is 52.0 Å². The fourth-order valence-corrected chi connectivity index (χ4v) is 5.16. The molecule has 37 heavy (non-hydrogen) atoms. The maximum Gasteiger partial charge on any atom is 0.326 e. The first-order valence-corrected chi connectivity index (χ1v) is 12.9. The minimum atomic E-state index is -1.07. The van der Waals surface area contributed by atoms with E-state index in [1.54, 1.807) is 38.4 Å². The van der Waals surface area contributed by atoms with Gasteiger partial charge < -0.3 is 19.4 Å². The van der Waals surface area contributed by atoms with E-state index < -0.39 is 5.60 Å². The zero-order chi connectivity index (χ0) is 26.2. The molecule has 5 aromatic rings. The molecule has 0 saturated carbocycles. The smallest absolute Gasteiger partial charge is 0.326 e. The zero-order valence-electron chi connectivity index (χ0n) is 20.9. The Morgan fingerprint density at radius 1 is 1.24 bits per heavy atom. The number of amides is 1. The Morgan fingerprint density at radius 2 is 2.08 bits per heavy atom. The third-order valence-corrected chi connectivity index (χ3v) is 7.03. The molecule has 0 radical (unpaired) electrons. The zero-order valence-corrected chi connectivity index (χ0v) is 21.7. The van der Waals surface area contributed by atoms with E-state index in [1.165, 1.54) is 15.9 Å². The second kappa shape index (κ2) is 9.96. The van der Waals surface area contributed by atoms with Crippen LogP contribution in [0, 0.1) is 0 Å². The van der Waals surface area contributed by atoms with Gasteiger partial charge in [0.2, 0.25) is 5.95 Å². The highest BCUT2D eigenvalue weighted by atomic mass is 32.1. The molecule has 194 valence electrons. The number of nitrogens with one attached hydrogen (secondary N) is 3. The van der Waals surface area contributed by atoms with Crippen LogP contribution in [0.1, 0.15) is 36.9 Å². The number of hydrogen-bond acceptors (Lipinski definition) is 7. The van der Waals surface area contributed by atoms with Crippen LogP contribution in [0.2, 0.25) is 0 Å². The number of rotatable bonds is 10. The van der Waals surface area contributed by atoms with Gasteiger partial charge in [0.1, 0.15) is 0 Å². The van der Waals surface area contributed by atoms with Gasteiger partial charge in [-0.2, -0.15) is 5.10 Å². The molecule has 0 spiro atoms. The number of anilines is 1. The number of aromatic nitrogens is 6. The number of thiophene rings is 1. The van der Waals surface area contributed by atoms with Crippen molar-refractivity contribution in [3.8, 4) is 10.4 Å². The summed E-state index contributed by atoms with van der Waals surface area (Å²) in [6, 6.07) is 7.34. The van der Waals surface area contributed by atoms with Crippen LogP contribution >= 0.6 is 11.3 Å². The second-order valence-electron chi connectivity index (χ2n) is 9.43. The van der Waals surface area contributed by atoms with Crippen LogP contribution in [0.4, 0.5) is 5.95 Å². The van der Waals surface area contributed by atoms with Gasteiger partial charge in [-0.3, -0.25) is 19.8 Å². The Hall–Kier alpha value is -3.74. The van der Waals surface area contributed by atoms with Gasteiger partial charge in [0.05, 0.1) is 45.3 Å². The molecule has 11 nitrogen and oxygen atoms in total. The molecule has 0 unspecified atom stereocenters. The fourth-order valence-electron chi connectivity index (χ4n) is 4.27. The van der Waals surface area contributed by atoms with E-state index in [0.717, 1.165) is 16.0 Å². The van der Waals surface area contributed by atoms with Crippen molar-refractivity contribution in [2.45, 2.75) is 45.9 Å². The molecule has 1 aromatic carbocycles. The van der Waals surface area contributed by atoms with Crippen molar-refractivity contribution in [1.82, 2.24) is 29.3 Å². The van der Waals surface area contributed by atoms with Crippen molar-refractivity contribution in [1.29, 1.82) is 0 Å². The number of nitrogens with zero attached hydrogens (tertiary/aromatic N) is 4. The quantitative estimate of drug-likeness (QED) is 0.206. The van der Waals surface area contributed by atoms with Gasteiger partial charge >= 0.3 is 5.69 Å². The SMILES string of the molecule is CCOCCCn1c(NC(=O)c2ccc(-c3cn[nH]c3)s2)nc2cc3[nH]c(=O)n(CC(C)(C)O)c3cc21. The molecule has 0 saturated heterocycles. The third-order valence-electron chi connectivity index (χ3n) is 5.90. The highest BCUT2D eigenvalue weighted by molar-refractivity contribution is 7.17. The van der Waals surface area contributed by atoms with E-state index in [2.05, 4.69) is 20.5 Å². The summed E-state index contributed by atoms with van der Waals surface area (Å²) in [4.78, 5) is 34.8. The summed E-state index contributed by atoms with van der Waals surface area (Å²) in [6.07, 6.45) is 4.21. The van der Waals surface area contributed by atoms with Crippen LogP contribution < -0.4 is 11.0 Å². The molecule has 4 heterocycles. The van der Waals surface area contributed by atoms with Crippen LogP contribution in [-0.4, -0.2) is 59.1 Å². The molecular formula is C25H29N7O4S. The first-order chi connectivity index (χ1) is 17.7. The van der Waals surface area contributed by atoms with Crippen molar-refractivity contribution in [2.75, 3.05) is 18.5 Å². The third kappa shape index (κ3) is 5.22. The van der Waals surface area contributed by atoms with Crippen molar-refractivity contribution in [3.63, 3.8) is 0 Å². The number of hydrogen-bond donors (Lipinski definition) is 4. The molecule has 1 amide bonds. The molecular weight excluding hydrogens is 494 g/mol. The first kappa shape index (κ1) is 24.9. The molecule has 5 rings (SSSR count). The minimum Gasteiger partial charge on any atom is -0.389 e. The lowest BCUT2D eigenvalue weighted by molar-refractivity contribution is 0.0617. The van der Waals surface area contributed by atoms with E-state index in [0.29, 0.717) is 53.6 Å². The first-order valence-electron chi connectivity index (χ1n) is 12.1. The van der Waals surface area contributed by atoms with Crippen LogP contribution in [-0.2, 0) is 17.8 Å². The predicted octanol–water partition coefficient (Wildman–Crippen LogP) is 3.58. The number of aromatic amines is 2. The number of aliphatic hydroxyl groups is 1. The van der Waals surface area contributed by atoms with Crippen molar-refractivity contribution < 1.29 is 14.6 Å². The van der Waals surface area contributed by atoms with Gasteiger partial charge in [0.25, 0.3) is 5.91 Å². The number of benzene rings is 1. The van der Waals surface area contributed by atoms with Gasteiger partial charge in [0, 0.05) is 36.4 Å². The number of carbonyl (C=O) groups excluding carboxylic acids is 1. The van der Waals surface area contributed by atoms with Crippen LogP contribution in [0.15, 0.2) is 41.5 Å². The largest absolute Gasteiger partial charge is 0.389 e. The average molecular weight is 524 g/mol. The van der Waals surface area contributed by atoms with Gasteiger partial charge in [0.15, 0.2) is 0 Å². The number of ether oxygens (including phenoxy) is 1. The summed E-state index contributed by atoms with van der Waals surface area (Å²) in [7, 11) is 0. The Bertz CT molecular complexity index is 1600. The molecule has 0 atom stereocenters. The highest BCUT2D eigenvalue weighted by Crippen LogP contribution is 2.29. The molecule has 0 aliphatic rings. The van der Waals surface area contributed by atoms with E-state index >= 15 is 0 Å². The maximum atomic E-state index is 13.2. The second-order valence-corrected chi connectivity index (χ2v) is 10.5. The number of H-pyrrole nitrogens is 2. The molecule has 0 aliphatic heterocycles. The van der Waals surface area contributed by atoms with Crippen LogP contribution in [0.5, 0.6) is 0 Å². The number of imidazole rings is 2. The van der Waals surface area contributed by atoms with Gasteiger partial charge in [-0.05, 0) is 51.5 Å². The molecule has 4 aromatic heterocycles. The summed E-state index contributed by atoms with van der Waals surface area (Å²) < 4.78 is 8.97. The van der Waals surface area contributed by atoms with Crippen molar-refractivity contribution in [2.24, 2.45) is 0 Å². The molecule has 0 aliphatic carbocycles. The Morgan fingerprint density at radius 3 is 2.81 bits per heavy atom. The van der Waals surface area contributed by atoms with Crippen LogP contribution in [0.25, 0.3) is 32.5 Å². The molecule has 0 fully saturated rings. The highest BCUT2D eigenvalue weighted by Gasteiger charge is 2.21. The molecule has 12 heteroatoms. The normalized spacial score (nSPS) is 12.1. The predicted molar refractivity (Wildman–Crippen MR) is 143 cm³/mol. The maximum absolute atomic E-state index is 13.2. The van der Waals surface area contributed by atoms with Gasteiger partial charge in [-0.25, -0.2) is 9.78 Å². The summed E-state index contributed by atoms with van der Waals surface area (Å²) in [5, 5.41) is 20.0. The molecule has 4 N–H and O–H groups in total. The lowest BCUT2D eigenvalue weighted by Crippen LogP contribution is -2.31. The van der Waals surface area contributed by atoms with E-state index in [4.69, 9.17) is 9.72 Å². The van der Waals surface area contributed by atoms with Crippen LogP contribution in [0.3, 0.4) is 0 Å². The summed E-state index contributed by atoms with van der Waals surface area (Å²) >= 11 is 1.37. The Labute approximate surface area is 216 Å². The topological polar surface area (TPSA) is 143 Å². The number of aryl methyl sites for hydroxylation is 1. The Kier molecular flexibility index (Phi) is 6.71. The lowest BCUT2D eigenvalue weighted by Gasteiger charge is -2.17. The van der Waals surface area contributed by atoms with E-state index in [-0.39, 0.29) is 18.1 Å². The van der Waals surface area contributed by atoms with E-state index in [9.17, 15) is 14.7 Å². The summed E-state index contributed by atoms with van der Waals surface area (Å²) in [5.41, 5.74) is 2.23. The Balaban J connectivity index is 1.52. The number of fused-ring (bicyclic) bond motifs is 2. The van der Waals surface area contributed by atoms with E-state index in [1.807, 2.05) is 23.6 Å². The average Bonchev–Trinajstić information content (AvgIpc) is 3.62. The van der Waals surface area contributed by atoms with Gasteiger partial charge in [-0.15, -0.1) is 11.3 Å². The van der Waals surface area contributed by atoms with Gasteiger partial charge in [-0.1, -0.05) is 0 Å². The number of carbonyl (C=O) groups is 1. The minimum absolute atomic E-state index is 0.136. The summed E-state index contributed by atoms with van der Waals surface area (Å²) in [6.45, 7) is 7.15. The molecule has 0 bridgehead atoms. The lowest BCUT2D eigenvalue weighted by atomic mass is 10.1. The summed E-state index contributed by atoms with van der Waals surface area (Å²) in [5.74, 6) is 0.157. The fraction of sp³-hybridized carbons (Fsp3) is 0.360. The van der Waals surface area contributed by atoms with Crippen molar-refractivity contribution >= 4 is 45.3 Å². The monoisotopic (exact) mass is 523 g/mol. The standard InChI is InChI=1S/C25H29N7O4S/c1-4-36-9-5-8-31-18-11-19-17(29-24(34)32(19)14-25(2,3)35)10-16(18)28-23(31)30-22(33)21-7-6-20(37-21)15-12-26-27-13-15/h6-7,10-13,35H,4-5,8-9,14H2,1-3H3,(H,26,27)(H,29,34)(H,28,30,33).